The van der Waals surface area contributed by atoms with E-state index in [4.69, 9.17) is 16.9 Å². The summed E-state index contributed by atoms with van der Waals surface area (Å²) in [5, 5.41) is 12.3. The number of nitrogens with zero attached hydrogens (tertiary/aromatic N) is 2. The van der Waals surface area contributed by atoms with Crippen LogP contribution in [0.15, 0.2) is 24.3 Å². The van der Waals surface area contributed by atoms with Crippen LogP contribution in [0, 0.1) is 11.3 Å². The van der Waals surface area contributed by atoms with E-state index in [1.807, 2.05) is 11.0 Å². The molecule has 5 heteroatoms. The fourth-order valence-electron chi connectivity index (χ4n) is 2.77. The van der Waals surface area contributed by atoms with Crippen molar-refractivity contribution in [1.29, 1.82) is 5.26 Å². The van der Waals surface area contributed by atoms with Gasteiger partial charge in [0.2, 0.25) is 0 Å². The third-order valence-corrected chi connectivity index (χ3v) is 4.05. The fraction of sp³-hybridized carbons (Fsp3) is 0.500. The van der Waals surface area contributed by atoms with Gasteiger partial charge in [0.25, 0.3) is 0 Å². The Morgan fingerprint density at radius 2 is 2.14 bits per heavy atom. The number of benzene rings is 1. The van der Waals surface area contributed by atoms with E-state index in [2.05, 4.69) is 11.4 Å². The molecule has 0 aromatic heterocycles. The number of urea groups is 1. The van der Waals surface area contributed by atoms with Gasteiger partial charge in [-0.15, -0.1) is 0 Å². The standard InChI is InChI=1S/C16H20ClN3O/c17-13-6-4-7-14(12-13)19-16(21)20(11-5-10-18)15-8-2-1-3-9-15/h4,6-7,12,15H,1-3,5,8-9,11H2,(H,19,21). The smallest absolute Gasteiger partial charge is 0.321 e. The summed E-state index contributed by atoms with van der Waals surface area (Å²) in [6.07, 6.45) is 5.94. The average molecular weight is 306 g/mol. The Bertz CT molecular complexity index is 520. The number of hydrogen-bond acceptors (Lipinski definition) is 2. The SMILES string of the molecule is N#CCCN(C(=O)Nc1cccc(Cl)c1)C1CCCCC1. The molecule has 0 spiro atoms. The molecule has 112 valence electrons. The number of nitriles is 1. The summed E-state index contributed by atoms with van der Waals surface area (Å²) < 4.78 is 0. The van der Waals surface area contributed by atoms with Gasteiger partial charge in [0.05, 0.1) is 12.5 Å². The van der Waals surface area contributed by atoms with Crippen LogP contribution in [0.5, 0.6) is 0 Å². The summed E-state index contributed by atoms with van der Waals surface area (Å²) in [5.41, 5.74) is 0.685. The second-order valence-electron chi connectivity index (χ2n) is 5.33. The van der Waals surface area contributed by atoms with E-state index in [0.29, 0.717) is 23.7 Å². The maximum Gasteiger partial charge on any atom is 0.322 e. The summed E-state index contributed by atoms with van der Waals surface area (Å²) >= 11 is 5.93. The molecule has 21 heavy (non-hydrogen) atoms. The Morgan fingerprint density at radius 3 is 2.81 bits per heavy atom. The number of anilines is 1. The molecule has 2 rings (SSSR count). The number of nitrogens with one attached hydrogen (secondary N) is 1. The summed E-state index contributed by atoms with van der Waals surface area (Å²) in [6, 6.07) is 9.34. The van der Waals surface area contributed by atoms with Crippen molar-refractivity contribution in [3.8, 4) is 6.07 Å². The molecule has 2 amide bonds. The predicted octanol–water partition coefficient (Wildman–Crippen LogP) is 4.42. The molecule has 0 aliphatic heterocycles. The highest BCUT2D eigenvalue weighted by atomic mass is 35.5. The molecule has 0 saturated heterocycles. The quantitative estimate of drug-likeness (QED) is 0.895. The summed E-state index contributed by atoms with van der Waals surface area (Å²) in [5.74, 6) is 0. The fourth-order valence-corrected chi connectivity index (χ4v) is 2.96. The van der Waals surface area contributed by atoms with Gasteiger partial charge in [-0.05, 0) is 31.0 Å². The monoisotopic (exact) mass is 305 g/mol. The molecule has 1 fully saturated rings. The lowest BCUT2D eigenvalue weighted by Gasteiger charge is -2.34. The molecule has 1 saturated carbocycles. The van der Waals surface area contributed by atoms with Gasteiger partial charge < -0.3 is 10.2 Å². The Balaban J connectivity index is 2.04. The van der Waals surface area contributed by atoms with Crippen molar-refractivity contribution in [2.75, 3.05) is 11.9 Å². The Labute approximate surface area is 130 Å². The van der Waals surface area contributed by atoms with E-state index in [1.165, 1.54) is 6.42 Å². The van der Waals surface area contributed by atoms with Gasteiger partial charge in [0.15, 0.2) is 0 Å². The third-order valence-electron chi connectivity index (χ3n) is 3.82. The topological polar surface area (TPSA) is 56.1 Å². The van der Waals surface area contributed by atoms with Crippen molar-refractivity contribution in [2.45, 2.75) is 44.6 Å². The second kappa shape index (κ2) is 7.90. The normalized spacial score (nSPS) is 15.2. The zero-order valence-electron chi connectivity index (χ0n) is 12.0. The molecule has 1 aromatic carbocycles. The first-order valence-corrected chi connectivity index (χ1v) is 7.78. The molecule has 1 aromatic rings. The molecule has 1 N–H and O–H groups in total. The number of carbonyl (C=O) groups excluding carboxylic acids is 1. The van der Waals surface area contributed by atoms with E-state index in [9.17, 15) is 4.79 Å². The van der Waals surface area contributed by atoms with Crippen LogP contribution in [0.3, 0.4) is 0 Å². The highest BCUT2D eigenvalue weighted by Gasteiger charge is 2.25. The second-order valence-corrected chi connectivity index (χ2v) is 5.77. The first-order valence-electron chi connectivity index (χ1n) is 7.41. The van der Waals surface area contributed by atoms with Gasteiger partial charge in [-0.2, -0.15) is 5.26 Å². The molecule has 0 heterocycles. The van der Waals surface area contributed by atoms with E-state index in [1.54, 1.807) is 18.2 Å². The molecule has 0 bridgehead atoms. The Morgan fingerprint density at radius 1 is 1.38 bits per heavy atom. The van der Waals surface area contributed by atoms with Crippen LogP contribution in [-0.2, 0) is 0 Å². The lowest BCUT2D eigenvalue weighted by Crippen LogP contribution is -2.44. The first-order chi connectivity index (χ1) is 10.2. The summed E-state index contributed by atoms with van der Waals surface area (Å²) in [6.45, 7) is 0.480. The van der Waals surface area contributed by atoms with Crippen LogP contribution in [0.1, 0.15) is 38.5 Å². The zero-order chi connectivity index (χ0) is 15.1. The van der Waals surface area contributed by atoms with Crippen molar-refractivity contribution in [3.63, 3.8) is 0 Å². The van der Waals surface area contributed by atoms with Gasteiger partial charge in [-0.25, -0.2) is 4.79 Å². The van der Waals surface area contributed by atoms with E-state index in [0.717, 1.165) is 25.7 Å². The zero-order valence-corrected chi connectivity index (χ0v) is 12.8. The lowest BCUT2D eigenvalue weighted by molar-refractivity contribution is 0.169. The van der Waals surface area contributed by atoms with E-state index in [-0.39, 0.29) is 12.1 Å². The van der Waals surface area contributed by atoms with Crippen molar-refractivity contribution in [3.05, 3.63) is 29.3 Å². The number of halogens is 1. The predicted molar refractivity (Wildman–Crippen MR) is 84.3 cm³/mol. The van der Waals surface area contributed by atoms with E-state index < -0.39 is 0 Å². The van der Waals surface area contributed by atoms with E-state index >= 15 is 0 Å². The van der Waals surface area contributed by atoms with Gasteiger partial charge in [-0.3, -0.25) is 0 Å². The molecule has 1 aliphatic carbocycles. The summed E-state index contributed by atoms with van der Waals surface area (Å²) in [7, 11) is 0. The van der Waals surface area contributed by atoms with Crippen LogP contribution in [0.2, 0.25) is 5.02 Å². The van der Waals surface area contributed by atoms with Crippen molar-refractivity contribution in [2.24, 2.45) is 0 Å². The van der Waals surface area contributed by atoms with Crippen LogP contribution in [0.25, 0.3) is 0 Å². The van der Waals surface area contributed by atoms with Crippen molar-refractivity contribution >= 4 is 23.3 Å². The average Bonchev–Trinajstić information content (AvgIpc) is 2.49. The number of rotatable bonds is 4. The van der Waals surface area contributed by atoms with Gasteiger partial charge >= 0.3 is 6.03 Å². The van der Waals surface area contributed by atoms with Crippen LogP contribution >= 0.6 is 11.6 Å². The number of amides is 2. The first kappa shape index (κ1) is 15.7. The molecular formula is C16H20ClN3O. The lowest BCUT2D eigenvalue weighted by atomic mass is 9.94. The van der Waals surface area contributed by atoms with Crippen LogP contribution in [0.4, 0.5) is 10.5 Å². The molecule has 0 radical (unpaired) electrons. The number of hydrogen-bond donors (Lipinski definition) is 1. The highest BCUT2D eigenvalue weighted by Crippen LogP contribution is 2.24. The van der Waals surface area contributed by atoms with Crippen molar-refractivity contribution < 1.29 is 4.79 Å². The van der Waals surface area contributed by atoms with Crippen LogP contribution < -0.4 is 5.32 Å². The van der Waals surface area contributed by atoms with Crippen molar-refractivity contribution in [1.82, 2.24) is 4.90 Å². The van der Waals surface area contributed by atoms with Gasteiger partial charge in [-0.1, -0.05) is 36.9 Å². The minimum atomic E-state index is -0.139. The van der Waals surface area contributed by atoms with Crippen LogP contribution in [-0.4, -0.2) is 23.5 Å². The minimum Gasteiger partial charge on any atom is -0.321 e. The maximum atomic E-state index is 12.5. The Kier molecular flexibility index (Phi) is 5.89. The molecule has 0 atom stereocenters. The number of carbonyl (C=O) groups is 1. The minimum absolute atomic E-state index is 0.139. The largest absolute Gasteiger partial charge is 0.322 e. The molecule has 0 unspecified atom stereocenters. The molecular weight excluding hydrogens is 286 g/mol. The van der Waals surface area contributed by atoms with Gasteiger partial charge in [0, 0.05) is 23.3 Å². The maximum absolute atomic E-state index is 12.5. The summed E-state index contributed by atoms with van der Waals surface area (Å²) in [4.78, 5) is 14.3. The Hall–Kier alpha value is -1.73. The highest BCUT2D eigenvalue weighted by molar-refractivity contribution is 6.30. The third kappa shape index (κ3) is 4.64. The molecule has 4 nitrogen and oxygen atoms in total. The molecule has 1 aliphatic rings. The van der Waals surface area contributed by atoms with Gasteiger partial charge in [0.1, 0.15) is 0 Å².